The number of carbonyl (C=O) groups excluding carboxylic acids is 2. The van der Waals surface area contributed by atoms with E-state index in [1.807, 2.05) is 37.1 Å². The van der Waals surface area contributed by atoms with Crippen LogP contribution in [0.25, 0.3) is 21.7 Å². The van der Waals surface area contributed by atoms with Crippen molar-refractivity contribution in [1.29, 1.82) is 0 Å². The summed E-state index contributed by atoms with van der Waals surface area (Å²) in [6, 6.07) is 7.37. The Labute approximate surface area is 228 Å². The lowest BCUT2D eigenvalue weighted by atomic mass is 9.88. The molecule has 3 aliphatic rings. The molecular weight excluding hydrogens is 522 g/mol. The van der Waals surface area contributed by atoms with E-state index in [-0.39, 0.29) is 18.2 Å². The molecule has 0 radical (unpaired) electrons. The average Bonchev–Trinajstić information content (AvgIpc) is 3.59. The van der Waals surface area contributed by atoms with Crippen LogP contribution in [0.15, 0.2) is 46.5 Å². The molecule has 2 atom stereocenters. The van der Waals surface area contributed by atoms with E-state index in [1.54, 1.807) is 24.4 Å². The molecule has 39 heavy (non-hydrogen) atoms. The van der Waals surface area contributed by atoms with Crippen LogP contribution in [0.5, 0.6) is 11.6 Å². The summed E-state index contributed by atoms with van der Waals surface area (Å²) in [6.07, 6.45) is 3.77. The van der Waals surface area contributed by atoms with Crippen molar-refractivity contribution in [3.05, 3.63) is 47.6 Å². The Morgan fingerprint density at radius 3 is 2.54 bits per heavy atom. The largest absolute Gasteiger partial charge is 0.465 e. The first kappa shape index (κ1) is 25.1. The highest BCUT2D eigenvalue weighted by Crippen LogP contribution is 2.41. The van der Waals surface area contributed by atoms with Gasteiger partial charge >= 0.3 is 12.1 Å². The van der Waals surface area contributed by atoms with E-state index in [0.717, 1.165) is 17.0 Å². The second kappa shape index (κ2) is 9.53. The molecule has 12 heteroatoms. The monoisotopic (exact) mass is 549 g/mol. The lowest BCUT2D eigenvalue weighted by Gasteiger charge is -2.55. The Balaban J connectivity index is 1.29. The highest BCUT2D eigenvalue weighted by molar-refractivity contribution is 7.13. The molecule has 2 unspecified atom stereocenters. The zero-order chi connectivity index (χ0) is 27.3. The molecule has 0 spiro atoms. The van der Waals surface area contributed by atoms with Crippen LogP contribution in [-0.4, -0.2) is 69.8 Å². The van der Waals surface area contributed by atoms with Gasteiger partial charge in [-0.25, -0.2) is 19.6 Å². The van der Waals surface area contributed by atoms with Gasteiger partial charge in [0.1, 0.15) is 10.6 Å². The standard InChI is InChI=1S/C27H27N5O6S/c1-27(2,3)38-26(34)32-16-11-17(32)14-31(13-16)25-30-21-19(36-20-8-5-15(12-29-20)24(33)35-4)7-6-18(22(21)37-25)23-28-9-10-39-23/h5-10,12,16-17H,11,13-14H2,1-4H3. The van der Waals surface area contributed by atoms with E-state index >= 15 is 0 Å². The SMILES string of the molecule is COC(=O)c1ccc(Oc2ccc(-c3nccs3)c3oc(N4CC5CC(C4)N5C(=O)OC(C)(C)C)nc23)nc1. The van der Waals surface area contributed by atoms with Gasteiger partial charge in [-0.1, -0.05) is 0 Å². The summed E-state index contributed by atoms with van der Waals surface area (Å²) in [5.74, 6) is 0.272. The molecule has 1 aromatic carbocycles. The molecule has 0 saturated carbocycles. The van der Waals surface area contributed by atoms with Gasteiger partial charge in [0.15, 0.2) is 16.8 Å². The van der Waals surface area contributed by atoms with Crippen LogP contribution in [0.3, 0.4) is 0 Å². The van der Waals surface area contributed by atoms with Gasteiger partial charge in [-0.15, -0.1) is 11.3 Å². The van der Waals surface area contributed by atoms with Crippen molar-refractivity contribution >= 4 is 40.5 Å². The quantitative estimate of drug-likeness (QED) is 0.310. The van der Waals surface area contributed by atoms with Gasteiger partial charge < -0.3 is 23.5 Å². The van der Waals surface area contributed by atoms with E-state index < -0.39 is 11.6 Å². The number of amides is 1. The molecule has 0 aliphatic carbocycles. The van der Waals surface area contributed by atoms with Gasteiger partial charge in [0, 0.05) is 36.9 Å². The number of oxazole rings is 1. The fourth-order valence-electron chi connectivity index (χ4n) is 4.89. The second-order valence-corrected chi connectivity index (χ2v) is 11.3. The zero-order valence-corrected chi connectivity index (χ0v) is 22.7. The van der Waals surface area contributed by atoms with Gasteiger partial charge in [0.2, 0.25) is 5.88 Å². The third-order valence-electron chi connectivity index (χ3n) is 6.60. The number of anilines is 1. The summed E-state index contributed by atoms with van der Waals surface area (Å²) in [6.45, 7) is 6.78. The summed E-state index contributed by atoms with van der Waals surface area (Å²) >= 11 is 1.50. The van der Waals surface area contributed by atoms with Crippen molar-refractivity contribution in [2.24, 2.45) is 0 Å². The number of hydrogen-bond acceptors (Lipinski definition) is 11. The summed E-state index contributed by atoms with van der Waals surface area (Å²) in [4.78, 5) is 41.8. The predicted octanol–water partition coefficient (Wildman–Crippen LogP) is 5.12. The molecule has 1 amide bonds. The minimum absolute atomic E-state index is 0.0280. The van der Waals surface area contributed by atoms with Gasteiger partial charge in [-0.05, 0) is 45.4 Å². The van der Waals surface area contributed by atoms with Crippen molar-refractivity contribution in [2.75, 3.05) is 25.1 Å². The first-order valence-electron chi connectivity index (χ1n) is 12.5. The summed E-state index contributed by atoms with van der Waals surface area (Å²) in [5.41, 5.74) is 1.66. The Bertz CT molecular complexity index is 1520. The molecule has 3 aromatic heterocycles. The van der Waals surface area contributed by atoms with E-state index in [9.17, 15) is 9.59 Å². The molecular formula is C27H27N5O6S. The van der Waals surface area contributed by atoms with Crippen molar-refractivity contribution < 1.29 is 28.2 Å². The van der Waals surface area contributed by atoms with Crippen LogP contribution >= 0.6 is 11.3 Å². The third kappa shape index (κ3) is 4.76. The van der Waals surface area contributed by atoms with Crippen LogP contribution in [0, 0.1) is 0 Å². The van der Waals surface area contributed by atoms with Gasteiger partial charge in [-0.3, -0.25) is 4.90 Å². The summed E-state index contributed by atoms with van der Waals surface area (Å²) < 4.78 is 22.7. The highest BCUT2D eigenvalue weighted by atomic mass is 32.1. The number of benzene rings is 1. The summed E-state index contributed by atoms with van der Waals surface area (Å²) in [7, 11) is 1.32. The topological polar surface area (TPSA) is 120 Å². The van der Waals surface area contributed by atoms with E-state index in [4.69, 9.17) is 23.6 Å². The molecule has 6 heterocycles. The number of fused-ring (bicyclic) bond motifs is 3. The molecule has 4 aromatic rings. The van der Waals surface area contributed by atoms with Crippen molar-refractivity contribution in [3.63, 3.8) is 0 Å². The number of pyridine rings is 1. The molecule has 202 valence electrons. The number of methoxy groups -OCH3 is 1. The minimum atomic E-state index is -0.544. The van der Waals surface area contributed by atoms with Gasteiger partial charge in [-0.2, -0.15) is 4.98 Å². The number of ether oxygens (including phenoxy) is 3. The number of piperazine rings is 1. The first-order chi connectivity index (χ1) is 18.7. The number of thiazole rings is 1. The summed E-state index contributed by atoms with van der Waals surface area (Å²) in [5, 5.41) is 2.70. The molecule has 3 fully saturated rings. The van der Waals surface area contributed by atoms with E-state index in [1.165, 1.54) is 24.6 Å². The van der Waals surface area contributed by atoms with Crippen molar-refractivity contribution in [1.82, 2.24) is 19.9 Å². The Morgan fingerprint density at radius 2 is 1.90 bits per heavy atom. The van der Waals surface area contributed by atoms with Crippen molar-refractivity contribution in [2.45, 2.75) is 44.9 Å². The maximum atomic E-state index is 12.7. The predicted molar refractivity (Wildman–Crippen MR) is 143 cm³/mol. The van der Waals surface area contributed by atoms with Gasteiger partial charge in [0.05, 0.1) is 30.3 Å². The van der Waals surface area contributed by atoms with Gasteiger partial charge in [0.25, 0.3) is 6.01 Å². The number of rotatable bonds is 5. The lowest BCUT2D eigenvalue weighted by Crippen LogP contribution is -2.70. The number of hydrogen-bond donors (Lipinski definition) is 0. The molecule has 3 saturated heterocycles. The van der Waals surface area contributed by atoms with Crippen LogP contribution in [0.4, 0.5) is 10.8 Å². The minimum Gasteiger partial charge on any atom is -0.465 e. The van der Waals surface area contributed by atoms with Crippen LogP contribution in [0.2, 0.25) is 0 Å². The fourth-order valence-corrected chi connectivity index (χ4v) is 5.55. The maximum Gasteiger partial charge on any atom is 0.410 e. The highest BCUT2D eigenvalue weighted by Gasteiger charge is 2.49. The molecule has 2 bridgehead atoms. The first-order valence-corrected chi connectivity index (χ1v) is 13.4. The number of piperidine rings is 1. The fraction of sp³-hybridized carbons (Fsp3) is 0.370. The zero-order valence-electron chi connectivity index (χ0n) is 21.9. The molecule has 3 aliphatic heterocycles. The lowest BCUT2D eigenvalue weighted by molar-refractivity contribution is -0.0386. The molecule has 11 nitrogen and oxygen atoms in total. The number of nitrogens with zero attached hydrogens (tertiary/aromatic N) is 5. The Morgan fingerprint density at radius 1 is 1.10 bits per heavy atom. The van der Waals surface area contributed by atoms with E-state index in [2.05, 4.69) is 14.9 Å². The molecule has 7 rings (SSSR count). The Hall–Kier alpha value is -4.19. The number of carbonyl (C=O) groups is 2. The van der Waals surface area contributed by atoms with Crippen LogP contribution < -0.4 is 9.64 Å². The number of aromatic nitrogens is 3. The van der Waals surface area contributed by atoms with E-state index in [0.29, 0.717) is 47.4 Å². The maximum absolute atomic E-state index is 12.7. The number of esters is 1. The van der Waals surface area contributed by atoms with Crippen molar-refractivity contribution in [3.8, 4) is 22.2 Å². The Kier molecular flexibility index (Phi) is 6.13. The second-order valence-electron chi connectivity index (χ2n) is 10.4. The average molecular weight is 550 g/mol. The van der Waals surface area contributed by atoms with Crippen LogP contribution in [-0.2, 0) is 9.47 Å². The third-order valence-corrected chi connectivity index (χ3v) is 7.40. The smallest absolute Gasteiger partial charge is 0.410 e. The van der Waals surface area contributed by atoms with Crippen LogP contribution in [0.1, 0.15) is 37.6 Å². The molecule has 0 N–H and O–H groups in total. The normalized spacial score (nSPS) is 18.6.